The average Bonchev–Trinajstić information content (AvgIpc) is 3.13. The largest absolute Gasteiger partial charge is 0.462 e. The first-order valence-electron chi connectivity index (χ1n) is 20.6. The summed E-state index contributed by atoms with van der Waals surface area (Å²) in [5.41, 5.74) is 0. The van der Waals surface area contributed by atoms with Gasteiger partial charge in [-0.25, -0.2) is 0 Å². The van der Waals surface area contributed by atoms with Crippen molar-refractivity contribution in [3.8, 4) is 0 Å². The van der Waals surface area contributed by atoms with Crippen molar-refractivity contribution in [3.05, 3.63) is 72.9 Å². The van der Waals surface area contributed by atoms with E-state index in [-0.39, 0.29) is 25.6 Å². The Morgan fingerprint density at radius 3 is 1.65 bits per heavy atom. The summed E-state index contributed by atoms with van der Waals surface area (Å²) in [7, 11) is 0. The van der Waals surface area contributed by atoms with Gasteiger partial charge in [-0.2, -0.15) is 0 Å². The van der Waals surface area contributed by atoms with E-state index in [1.165, 1.54) is 89.9 Å². The molecule has 6 heteroatoms. The molecular weight excluding hydrogens is 636 g/mol. The summed E-state index contributed by atoms with van der Waals surface area (Å²) in [6.45, 7) is 3.90. The number of ether oxygens (including phenoxy) is 2. The molecule has 0 aliphatic rings. The van der Waals surface area contributed by atoms with E-state index < -0.39 is 18.2 Å². The molecule has 0 aromatic carbocycles. The zero-order valence-corrected chi connectivity index (χ0v) is 32.7. The van der Waals surface area contributed by atoms with Gasteiger partial charge in [-0.1, -0.05) is 189 Å². The third kappa shape index (κ3) is 38.4. The van der Waals surface area contributed by atoms with E-state index in [1.807, 2.05) is 36.5 Å². The number of aliphatic hydroxyl groups excluding tert-OH is 2. The predicted molar refractivity (Wildman–Crippen MR) is 216 cm³/mol. The van der Waals surface area contributed by atoms with Crippen LogP contribution in [0.2, 0.25) is 0 Å². The number of rotatable bonds is 36. The van der Waals surface area contributed by atoms with Gasteiger partial charge in [0.05, 0.1) is 12.7 Å². The predicted octanol–water partition coefficient (Wildman–Crippen LogP) is 11.9. The average molecular weight is 713 g/mol. The minimum Gasteiger partial charge on any atom is -0.462 e. The van der Waals surface area contributed by atoms with Crippen LogP contribution < -0.4 is 0 Å². The van der Waals surface area contributed by atoms with Gasteiger partial charge >= 0.3 is 11.9 Å². The Bertz CT molecular complexity index is 960. The van der Waals surface area contributed by atoms with Crippen LogP contribution in [0.15, 0.2) is 72.9 Å². The van der Waals surface area contributed by atoms with Crippen LogP contribution >= 0.6 is 0 Å². The topological polar surface area (TPSA) is 93.1 Å². The Kier molecular flexibility index (Phi) is 38.0. The lowest BCUT2D eigenvalue weighted by atomic mass is 10.0. The molecule has 292 valence electrons. The Labute approximate surface area is 313 Å². The number of hydrogen-bond donors (Lipinski definition) is 2. The van der Waals surface area contributed by atoms with Crippen molar-refractivity contribution in [2.24, 2.45) is 0 Å². The van der Waals surface area contributed by atoms with E-state index in [0.29, 0.717) is 19.3 Å². The normalized spacial score (nSPS) is 13.6. The minimum atomic E-state index is -0.829. The lowest BCUT2D eigenvalue weighted by molar-refractivity contribution is -0.161. The van der Waals surface area contributed by atoms with Gasteiger partial charge in [0.1, 0.15) is 6.61 Å². The fourth-order valence-electron chi connectivity index (χ4n) is 5.49. The smallest absolute Gasteiger partial charge is 0.306 e. The van der Waals surface area contributed by atoms with Crippen LogP contribution in [0.3, 0.4) is 0 Å². The number of carbonyl (C=O) groups is 2. The van der Waals surface area contributed by atoms with Crippen molar-refractivity contribution in [2.75, 3.05) is 13.2 Å². The third-order valence-corrected chi connectivity index (χ3v) is 8.61. The van der Waals surface area contributed by atoms with Crippen LogP contribution in [0, 0.1) is 0 Å². The molecule has 2 N–H and O–H groups in total. The zero-order chi connectivity index (χ0) is 37.3. The first-order valence-corrected chi connectivity index (χ1v) is 20.6. The number of unbranched alkanes of at least 4 members (excludes halogenated alkanes) is 16. The number of hydrogen-bond acceptors (Lipinski definition) is 6. The second kappa shape index (κ2) is 40.1. The van der Waals surface area contributed by atoms with E-state index in [4.69, 9.17) is 9.47 Å². The van der Waals surface area contributed by atoms with Crippen LogP contribution in [0.4, 0.5) is 0 Å². The standard InChI is InChI=1S/C45H76O6/c1-3-5-7-9-11-12-13-14-15-16-17-18-19-23-26-30-34-38-44(48)50-41-43(40-46)51-45(49)39-35-31-27-24-21-20-22-25-29-33-37-42(47)36-32-28-10-8-6-4-2/h6,8,20-21,25,27-29,31-33,37,42-43,46-47H,3-5,7,9-19,22-24,26,30,34-36,38-41H2,1-2H3/b8-6-,21-20-,29-25-,31-27-,32-28-,37-33+/t42?,43-/m0/s1. The van der Waals surface area contributed by atoms with Crippen molar-refractivity contribution >= 4 is 11.9 Å². The van der Waals surface area contributed by atoms with Gasteiger partial charge in [0.15, 0.2) is 6.10 Å². The van der Waals surface area contributed by atoms with E-state index in [2.05, 4.69) is 44.2 Å². The minimum absolute atomic E-state index is 0.111. The Morgan fingerprint density at radius 1 is 0.569 bits per heavy atom. The molecule has 0 bridgehead atoms. The highest BCUT2D eigenvalue weighted by Gasteiger charge is 2.15. The van der Waals surface area contributed by atoms with Crippen molar-refractivity contribution < 1.29 is 29.3 Å². The van der Waals surface area contributed by atoms with Gasteiger partial charge in [0, 0.05) is 12.8 Å². The monoisotopic (exact) mass is 713 g/mol. The summed E-state index contributed by atoms with van der Waals surface area (Å²) in [6.07, 6.45) is 50.0. The molecule has 0 fully saturated rings. The van der Waals surface area contributed by atoms with Gasteiger partial charge in [-0.3, -0.25) is 9.59 Å². The molecule has 0 heterocycles. The van der Waals surface area contributed by atoms with E-state index in [9.17, 15) is 19.8 Å². The zero-order valence-electron chi connectivity index (χ0n) is 32.7. The van der Waals surface area contributed by atoms with Crippen molar-refractivity contribution in [3.63, 3.8) is 0 Å². The van der Waals surface area contributed by atoms with Gasteiger partial charge in [0.25, 0.3) is 0 Å². The second-order valence-electron chi connectivity index (χ2n) is 13.5. The SMILES string of the molecule is CC/C=C\C/C=C\CC(O)/C=C/C=C\C/C=C\C/C=C\CCC(=O)O[C@@H](CO)COC(=O)CCCCCCCCCCCCCCCCCCC. The second-order valence-corrected chi connectivity index (χ2v) is 13.5. The Balaban J connectivity index is 3.74. The van der Waals surface area contributed by atoms with Gasteiger partial charge < -0.3 is 19.7 Å². The molecule has 0 aromatic rings. The molecule has 51 heavy (non-hydrogen) atoms. The highest BCUT2D eigenvalue weighted by atomic mass is 16.6. The molecular formula is C45H76O6. The molecule has 0 saturated carbocycles. The molecule has 6 nitrogen and oxygen atoms in total. The molecule has 0 aliphatic carbocycles. The van der Waals surface area contributed by atoms with Crippen molar-refractivity contribution in [1.82, 2.24) is 0 Å². The highest BCUT2D eigenvalue weighted by molar-refractivity contribution is 5.70. The lowest BCUT2D eigenvalue weighted by Crippen LogP contribution is -2.28. The molecule has 0 amide bonds. The number of allylic oxidation sites excluding steroid dienone is 10. The summed E-state index contributed by atoms with van der Waals surface area (Å²) in [5.74, 6) is -0.719. The lowest BCUT2D eigenvalue weighted by Gasteiger charge is -2.15. The summed E-state index contributed by atoms with van der Waals surface area (Å²) < 4.78 is 10.5. The summed E-state index contributed by atoms with van der Waals surface area (Å²) in [6, 6.07) is 0. The van der Waals surface area contributed by atoms with Crippen molar-refractivity contribution in [1.29, 1.82) is 0 Å². The molecule has 0 aromatic heterocycles. The van der Waals surface area contributed by atoms with E-state index in [0.717, 1.165) is 44.9 Å². The quantitative estimate of drug-likeness (QED) is 0.0291. The summed E-state index contributed by atoms with van der Waals surface area (Å²) >= 11 is 0. The summed E-state index contributed by atoms with van der Waals surface area (Å²) in [5, 5.41) is 19.5. The van der Waals surface area contributed by atoms with Gasteiger partial charge in [-0.15, -0.1) is 0 Å². The molecule has 0 radical (unpaired) electrons. The summed E-state index contributed by atoms with van der Waals surface area (Å²) in [4.78, 5) is 24.3. The molecule has 0 aliphatic heterocycles. The van der Waals surface area contributed by atoms with E-state index >= 15 is 0 Å². The van der Waals surface area contributed by atoms with Crippen LogP contribution in [-0.4, -0.2) is 47.6 Å². The van der Waals surface area contributed by atoms with Gasteiger partial charge in [-0.05, 0) is 44.9 Å². The third-order valence-electron chi connectivity index (χ3n) is 8.61. The number of aliphatic hydroxyl groups is 2. The maximum Gasteiger partial charge on any atom is 0.306 e. The van der Waals surface area contributed by atoms with Crippen molar-refractivity contribution in [2.45, 2.75) is 187 Å². The first kappa shape index (κ1) is 48.3. The molecule has 2 atom stereocenters. The Morgan fingerprint density at radius 2 is 1.08 bits per heavy atom. The molecule has 0 saturated heterocycles. The number of carbonyl (C=O) groups excluding carboxylic acids is 2. The maximum atomic E-state index is 12.1. The molecule has 0 spiro atoms. The van der Waals surface area contributed by atoms with Crippen LogP contribution in [-0.2, 0) is 19.1 Å². The molecule has 0 rings (SSSR count). The van der Waals surface area contributed by atoms with Crippen LogP contribution in [0.5, 0.6) is 0 Å². The fourth-order valence-corrected chi connectivity index (χ4v) is 5.49. The first-order chi connectivity index (χ1) is 25.0. The fraction of sp³-hybridized carbons (Fsp3) is 0.689. The van der Waals surface area contributed by atoms with Gasteiger partial charge in [0.2, 0.25) is 0 Å². The highest BCUT2D eigenvalue weighted by Crippen LogP contribution is 2.14. The van der Waals surface area contributed by atoms with Crippen LogP contribution in [0.25, 0.3) is 0 Å². The molecule has 1 unspecified atom stereocenters. The Hall–Kier alpha value is -2.70. The van der Waals surface area contributed by atoms with E-state index in [1.54, 1.807) is 6.08 Å². The maximum absolute atomic E-state index is 12.1. The number of esters is 2. The van der Waals surface area contributed by atoms with Crippen LogP contribution in [0.1, 0.15) is 174 Å².